The Labute approximate surface area is 114 Å². The van der Waals surface area contributed by atoms with Crippen molar-refractivity contribution in [1.82, 2.24) is 4.90 Å². The second kappa shape index (κ2) is 5.51. The Kier molecular flexibility index (Phi) is 4.00. The Morgan fingerprint density at radius 1 is 1.61 bits per heavy atom. The maximum absolute atomic E-state index is 12.3. The van der Waals surface area contributed by atoms with Gasteiger partial charge >= 0.3 is 0 Å². The number of carbonyl (C=O) groups is 1. The molecular formula is C13H13BrN2O2. The molecular weight excluding hydrogens is 296 g/mol. The highest BCUT2D eigenvalue weighted by Gasteiger charge is 2.25. The summed E-state index contributed by atoms with van der Waals surface area (Å²) in [7, 11) is 0. The monoisotopic (exact) mass is 308 g/mol. The molecule has 5 heteroatoms. The first-order chi connectivity index (χ1) is 8.61. The Morgan fingerprint density at radius 3 is 3.06 bits per heavy atom. The first-order valence-electron chi connectivity index (χ1n) is 5.68. The summed E-state index contributed by atoms with van der Waals surface area (Å²) in [6, 6.07) is 7.66. The molecule has 2 rings (SSSR count). The molecule has 0 aliphatic carbocycles. The lowest BCUT2D eigenvalue weighted by Crippen LogP contribution is -2.45. The van der Waals surface area contributed by atoms with Crippen molar-refractivity contribution in [2.24, 2.45) is 0 Å². The quantitative estimate of drug-likeness (QED) is 0.798. The van der Waals surface area contributed by atoms with Gasteiger partial charge in [-0.25, -0.2) is 0 Å². The number of hydrogen-bond acceptors (Lipinski definition) is 3. The van der Waals surface area contributed by atoms with E-state index in [-0.39, 0.29) is 5.91 Å². The average Bonchev–Trinajstić information content (AvgIpc) is 2.38. The van der Waals surface area contributed by atoms with Crippen LogP contribution in [0.5, 0.6) is 0 Å². The number of aryl methyl sites for hydroxylation is 1. The SMILES string of the molecule is Cc1ccc(C(=O)N2CCOC(C#N)C2)c(Br)c1. The predicted molar refractivity (Wildman–Crippen MR) is 70.1 cm³/mol. The van der Waals surface area contributed by atoms with E-state index in [0.29, 0.717) is 25.3 Å². The van der Waals surface area contributed by atoms with Crippen LogP contribution in [0.15, 0.2) is 22.7 Å². The molecule has 0 spiro atoms. The molecule has 0 bridgehead atoms. The van der Waals surface area contributed by atoms with Gasteiger partial charge in [-0.15, -0.1) is 0 Å². The molecule has 1 atom stereocenters. The van der Waals surface area contributed by atoms with Crippen LogP contribution in [0.2, 0.25) is 0 Å². The zero-order valence-corrected chi connectivity index (χ0v) is 11.6. The van der Waals surface area contributed by atoms with Crippen molar-refractivity contribution < 1.29 is 9.53 Å². The number of rotatable bonds is 1. The molecule has 1 aromatic carbocycles. The second-order valence-corrected chi connectivity index (χ2v) is 5.08. The number of carbonyl (C=O) groups excluding carboxylic acids is 1. The number of halogens is 1. The molecule has 1 heterocycles. The van der Waals surface area contributed by atoms with E-state index in [1.54, 1.807) is 11.0 Å². The van der Waals surface area contributed by atoms with Gasteiger partial charge in [0.1, 0.15) is 0 Å². The van der Waals surface area contributed by atoms with Crippen LogP contribution in [0.25, 0.3) is 0 Å². The number of nitriles is 1. The van der Waals surface area contributed by atoms with Crippen molar-refractivity contribution in [3.63, 3.8) is 0 Å². The normalized spacial score (nSPS) is 19.4. The van der Waals surface area contributed by atoms with E-state index in [9.17, 15) is 4.79 Å². The lowest BCUT2D eigenvalue weighted by Gasteiger charge is -2.30. The smallest absolute Gasteiger partial charge is 0.255 e. The maximum atomic E-state index is 12.3. The van der Waals surface area contributed by atoms with Crippen LogP contribution in [-0.2, 0) is 4.74 Å². The van der Waals surface area contributed by atoms with Crippen molar-refractivity contribution in [2.75, 3.05) is 19.7 Å². The van der Waals surface area contributed by atoms with Crippen LogP contribution in [0.4, 0.5) is 0 Å². The summed E-state index contributed by atoms with van der Waals surface area (Å²) in [4.78, 5) is 14.0. The Balaban J connectivity index is 2.18. The standard InChI is InChI=1S/C13H13BrN2O2/c1-9-2-3-11(12(14)6-9)13(17)16-4-5-18-10(7-15)8-16/h2-3,6,10H,4-5,8H2,1H3. The third-order valence-electron chi connectivity index (χ3n) is 2.85. The van der Waals surface area contributed by atoms with E-state index in [2.05, 4.69) is 15.9 Å². The summed E-state index contributed by atoms with van der Waals surface area (Å²) in [6.45, 7) is 3.24. The zero-order chi connectivity index (χ0) is 13.1. The highest BCUT2D eigenvalue weighted by molar-refractivity contribution is 9.10. The molecule has 1 aliphatic rings. The summed E-state index contributed by atoms with van der Waals surface area (Å²) in [5.41, 5.74) is 1.72. The fourth-order valence-electron chi connectivity index (χ4n) is 1.88. The Bertz CT molecular complexity index is 510. The third kappa shape index (κ3) is 2.71. The summed E-state index contributed by atoms with van der Waals surface area (Å²) in [6.07, 6.45) is -0.521. The van der Waals surface area contributed by atoms with Crippen LogP contribution in [0.1, 0.15) is 15.9 Å². The summed E-state index contributed by atoms with van der Waals surface area (Å²) in [5.74, 6) is -0.0644. The van der Waals surface area contributed by atoms with E-state index in [1.165, 1.54) is 0 Å². The minimum atomic E-state index is -0.521. The van der Waals surface area contributed by atoms with Gasteiger partial charge in [0.15, 0.2) is 6.10 Å². The molecule has 1 saturated heterocycles. The minimum Gasteiger partial charge on any atom is -0.360 e. The van der Waals surface area contributed by atoms with Gasteiger partial charge in [0, 0.05) is 11.0 Å². The molecule has 0 saturated carbocycles. The fraction of sp³-hybridized carbons (Fsp3) is 0.385. The zero-order valence-electron chi connectivity index (χ0n) is 10.0. The molecule has 1 unspecified atom stereocenters. The minimum absolute atomic E-state index is 0.0644. The Morgan fingerprint density at radius 2 is 2.39 bits per heavy atom. The van der Waals surface area contributed by atoms with Crippen LogP contribution in [-0.4, -0.2) is 36.6 Å². The molecule has 0 aromatic heterocycles. The first-order valence-corrected chi connectivity index (χ1v) is 6.48. The summed E-state index contributed by atoms with van der Waals surface area (Å²) >= 11 is 3.40. The lowest BCUT2D eigenvalue weighted by molar-refractivity contribution is 0.00342. The number of hydrogen-bond donors (Lipinski definition) is 0. The van der Waals surface area contributed by atoms with Gasteiger partial charge in [-0.2, -0.15) is 5.26 Å². The summed E-state index contributed by atoms with van der Waals surface area (Å²) in [5, 5.41) is 8.83. The van der Waals surface area contributed by atoms with Crippen LogP contribution in [0.3, 0.4) is 0 Å². The number of benzene rings is 1. The van der Waals surface area contributed by atoms with Crippen molar-refractivity contribution in [3.05, 3.63) is 33.8 Å². The average molecular weight is 309 g/mol. The predicted octanol–water partition coefficient (Wildman–Crippen LogP) is 2.12. The van der Waals surface area contributed by atoms with E-state index in [0.717, 1.165) is 10.0 Å². The largest absolute Gasteiger partial charge is 0.360 e. The molecule has 0 N–H and O–H groups in total. The van der Waals surface area contributed by atoms with Crippen LogP contribution < -0.4 is 0 Å². The topological polar surface area (TPSA) is 53.3 Å². The van der Waals surface area contributed by atoms with Gasteiger partial charge in [0.2, 0.25) is 0 Å². The lowest BCUT2D eigenvalue weighted by atomic mass is 10.1. The molecule has 94 valence electrons. The molecule has 4 nitrogen and oxygen atoms in total. The van der Waals surface area contributed by atoms with E-state index in [1.807, 2.05) is 25.1 Å². The Hall–Kier alpha value is -1.38. The molecule has 1 aliphatic heterocycles. The number of amides is 1. The van der Waals surface area contributed by atoms with Crippen molar-refractivity contribution in [2.45, 2.75) is 13.0 Å². The van der Waals surface area contributed by atoms with E-state index in [4.69, 9.17) is 10.00 Å². The molecule has 1 fully saturated rings. The van der Waals surface area contributed by atoms with Gasteiger partial charge < -0.3 is 9.64 Å². The van der Waals surface area contributed by atoms with Gasteiger partial charge in [-0.1, -0.05) is 6.07 Å². The summed E-state index contributed by atoms with van der Waals surface area (Å²) < 4.78 is 6.01. The van der Waals surface area contributed by atoms with E-state index < -0.39 is 6.10 Å². The highest BCUT2D eigenvalue weighted by Crippen LogP contribution is 2.21. The van der Waals surface area contributed by atoms with Gasteiger partial charge in [0.25, 0.3) is 5.91 Å². The van der Waals surface area contributed by atoms with Gasteiger partial charge in [-0.05, 0) is 40.5 Å². The number of ether oxygens (including phenoxy) is 1. The molecule has 1 amide bonds. The van der Waals surface area contributed by atoms with Gasteiger partial charge in [0.05, 0.1) is 24.8 Å². The molecule has 18 heavy (non-hydrogen) atoms. The molecule has 0 radical (unpaired) electrons. The van der Waals surface area contributed by atoms with Crippen molar-refractivity contribution in [3.8, 4) is 6.07 Å². The number of morpholine rings is 1. The van der Waals surface area contributed by atoms with E-state index >= 15 is 0 Å². The van der Waals surface area contributed by atoms with Crippen LogP contribution >= 0.6 is 15.9 Å². The van der Waals surface area contributed by atoms with Crippen molar-refractivity contribution >= 4 is 21.8 Å². The molecule has 1 aromatic rings. The maximum Gasteiger partial charge on any atom is 0.255 e. The third-order valence-corrected chi connectivity index (χ3v) is 3.51. The van der Waals surface area contributed by atoms with Gasteiger partial charge in [-0.3, -0.25) is 4.79 Å². The first kappa shape index (κ1) is 13.1. The van der Waals surface area contributed by atoms with Crippen LogP contribution in [0, 0.1) is 18.3 Å². The fourth-order valence-corrected chi connectivity index (χ4v) is 2.54. The number of nitrogens with zero attached hydrogens (tertiary/aromatic N) is 2. The highest BCUT2D eigenvalue weighted by atomic mass is 79.9. The van der Waals surface area contributed by atoms with Crippen molar-refractivity contribution in [1.29, 1.82) is 5.26 Å². The second-order valence-electron chi connectivity index (χ2n) is 4.22.